The van der Waals surface area contributed by atoms with Crippen LogP contribution in [0.4, 0.5) is 5.69 Å². The van der Waals surface area contributed by atoms with Crippen LogP contribution in [-0.4, -0.2) is 13.1 Å². The molecule has 1 aliphatic rings. The third kappa shape index (κ3) is 3.49. The van der Waals surface area contributed by atoms with Gasteiger partial charge in [-0.25, -0.2) is 0 Å². The van der Waals surface area contributed by atoms with Crippen LogP contribution in [0.15, 0.2) is 24.3 Å². The largest absolute Gasteiger partial charge is 0.399 e. The molecule has 0 amide bonds. The van der Waals surface area contributed by atoms with Gasteiger partial charge in [0.05, 0.1) is 0 Å². The Labute approximate surface area is 111 Å². The van der Waals surface area contributed by atoms with E-state index in [9.17, 15) is 0 Å². The van der Waals surface area contributed by atoms with Crippen molar-refractivity contribution in [2.45, 2.75) is 45.4 Å². The van der Waals surface area contributed by atoms with Gasteiger partial charge in [0.2, 0.25) is 0 Å². The molecule has 1 saturated carbocycles. The smallest absolute Gasteiger partial charge is 0.0314 e. The highest BCUT2D eigenvalue weighted by molar-refractivity contribution is 5.40. The lowest BCUT2D eigenvalue weighted by molar-refractivity contribution is 0.436. The van der Waals surface area contributed by atoms with Crippen LogP contribution < -0.4 is 11.1 Å². The van der Waals surface area contributed by atoms with Crippen molar-refractivity contribution in [2.24, 2.45) is 5.41 Å². The van der Waals surface area contributed by atoms with Crippen LogP contribution in [0.25, 0.3) is 0 Å². The number of nitrogen functional groups attached to an aromatic ring is 1. The first-order valence-electron chi connectivity index (χ1n) is 7.21. The summed E-state index contributed by atoms with van der Waals surface area (Å²) < 4.78 is 0. The molecule has 1 aliphatic carbocycles. The summed E-state index contributed by atoms with van der Waals surface area (Å²) in [6.07, 6.45) is 5.37. The Balaban J connectivity index is 1.68. The maximum atomic E-state index is 5.71. The van der Waals surface area contributed by atoms with Gasteiger partial charge in [-0.2, -0.15) is 0 Å². The molecule has 0 aromatic heterocycles. The average Bonchev–Trinajstić information content (AvgIpc) is 3.16. The predicted octanol–water partition coefficient (Wildman–Crippen LogP) is 3.54. The fourth-order valence-corrected chi connectivity index (χ4v) is 2.50. The Morgan fingerprint density at radius 1 is 1.28 bits per heavy atom. The van der Waals surface area contributed by atoms with Gasteiger partial charge in [0.15, 0.2) is 0 Å². The molecule has 2 heteroatoms. The first kappa shape index (κ1) is 13.4. The molecule has 18 heavy (non-hydrogen) atoms. The molecule has 2 nitrogen and oxygen atoms in total. The third-order valence-corrected chi connectivity index (χ3v) is 4.47. The van der Waals surface area contributed by atoms with Gasteiger partial charge in [-0.3, -0.25) is 0 Å². The molecular weight excluding hydrogens is 220 g/mol. The SMILES string of the molecule is CCC1(CNCCC(C)c2ccc(N)cc2)CC1. The van der Waals surface area contributed by atoms with Crippen molar-refractivity contribution >= 4 is 5.69 Å². The van der Waals surface area contributed by atoms with E-state index in [1.54, 1.807) is 0 Å². The zero-order valence-electron chi connectivity index (χ0n) is 11.7. The molecule has 0 radical (unpaired) electrons. The van der Waals surface area contributed by atoms with E-state index in [4.69, 9.17) is 5.73 Å². The van der Waals surface area contributed by atoms with E-state index in [1.165, 1.54) is 37.8 Å². The molecule has 0 saturated heterocycles. The van der Waals surface area contributed by atoms with Crippen molar-refractivity contribution < 1.29 is 0 Å². The molecule has 1 atom stereocenters. The van der Waals surface area contributed by atoms with Crippen molar-refractivity contribution in [1.29, 1.82) is 0 Å². The summed E-state index contributed by atoms with van der Waals surface area (Å²) in [5.41, 5.74) is 8.60. The molecule has 1 unspecified atom stereocenters. The summed E-state index contributed by atoms with van der Waals surface area (Å²) in [6, 6.07) is 8.29. The van der Waals surface area contributed by atoms with Crippen molar-refractivity contribution in [3.05, 3.63) is 29.8 Å². The Hall–Kier alpha value is -1.02. The van der Waals surface area contributed by atoms with Gasteiger partial charge in [-0.1, -0.05) is 26.0 Å². The van der Waals surface area contributed by atoms with Crippen LogP contribution in [0.3, 0.4) is 0 Å². The molecule has 2 rings (SSSR count). The third-order valence-electron chi connectivity index (χ3n) is 4.47. The summed E-state index contributed by atoms with van der Waals surface area (Å²) in [5, 5.41) is 3.63. The van der Waals surface area contributed by atoms with Crippen molar-refractivity contribution in [3.8, 4) is 0 Å². The number of nitrogens with two attached hydrogens (primary N) is 1. The van der Waals surface area contributed by atoms with E-state index in [0.717, 1.165) is 12.2 Å². The predicted molar refractivity (Wildman–Crippen MR) is 78.7 cm³/mol. The maximum absolute atomic E-state index is 5.71. The van der Waals surface area contributed by atoms with E-state index in [1.807, 2.05) is 12.1 Å². The van der Waals surface area contributed by atoms with Gasteiger partial charge in [0.1, 0.15) is 0 Å². The van der Waals surface area contributed by atoms with Crippen LogP contribution in [0.2, 0.25) is 0 Å². The minimum Gasteiger partial charge on any atom is -0.399 e. The Kier molecular flexibility index (Phi) is 4.28. The number of nitrogens with one attached hydrogen (secondary N) is 1. The summed E-state index contributed by atoms with van der Waals surface area (Å²) in [6.45, 7) is 6.93. The molecule has 1 aromatic carbocycles. The lowest BCUT2D eigenvalue weighted by Crippen LogP contribution is -2.25. The van der Waals surface area contributed by atoms with Gasteiger partial charge in [-0.05, 0) is 61.3 Å². The van der Waals surface area contributed by atoms with Gasteiger partial charge < -0.3 is 11.1 Å². The standard InChI is InChI=1S/C16H26N2/c1-3-16(9-10-16)12-18-11-8-13(2)14-4-6-15(17)7-5-14/h4-7,13,18H,3,8-12,17H2,1-2H3. The van der Waals surface area contributed by atoms with Crippen LogP contribution in [0, 0.1) is 5.41 Å². The molecular formula is C16H26N2. The lowest BCUT2D eigenvalue weighted by Gasteiger charge is -2.16. The molecule has 1 aromatic rings. The second-order valence-corrected chi connectivity index (χ2v) is 5.89. The molecule has 0 spiro atoms. The van der Waals surface area contributed by atoms with Crippen LogP contribution >= 0.6 is 0 Å². The molecule has 0 aliphatic heterocycles. The number of hydrogen-bond donors (Lipinski definition) is 2. The Morgan fingerprint density at radius 2 is 1.94 bits per heavy atom. The highest BCUT2D eigenvalue weighted by atomic mass is 14.9. The van der Waals surface area contributed by atoms with Gasteiger partial charge in [0.25, 0.3) is 0 Å². The van der Waals surface area contributed by atoms with E-state index >= 15 is 0 Å². The summed E-state index contributed by atoms with van der Waals surface area (Å²) in [4.78, 5) is 0. The zero-order valence-corrected chi connectivity index (χ0v) is 11.7. The van der Waals surface area contributed by atoms with Gasteiger partial charge in [0, 0.05) is 12.2 Å². The van der Waals surface area contributed by atoms with E-state index in [0.29, 0.717) is 11.3 Å². The fourth-order valence-electron chi connectivity index (χ4n) is 2.50. The normalized spacial score (nSPS) is 18.6. The lowest BCUT2D eigenvalue weighted by atomic mass is 9.97. The van der Waals surface area contributed by atoms with Gasteiger partial charge >= 0.3 is 0 Å². The first-order valence-corrected chi connectivity index (χ1v) is 7.21. The monoisotopic (exact) mass is 246 g/mol. The second-order valence-electron chi connectivity index (χ2n) is 5.89. The summed E-state index contributed by atoms with van der Waals surface area (Å²) in [7, 11) is 0. The second kappa shape index (κ2) is 5.75. The molecule has 100 valence electrons. The van der Waals surface area contributed by atoms with Crippen LogP contribution in [-0.2, 0) is 0 Å². The Morgan fingerprint density at radius 3 is 2.50 bits per heavy atom. The summed E-state index contributed by atoms with van der Waals surface area (Å²) in [5.74, 6) is 0.606. The number of anilines is 1. The molecule has 3 N–H and O–H groups in total. The van der Waals surface area contributed by atoms with E-state index < -0.39 is 0 Å². The fraction of sp³-hybridized carbons (Fsp3) is 0.625. The zero-order chi connectivity index (χ0) is 13.0. The van der Waals surface area contributed by atoms with Crippen LogP contribution in [0.1, 0.15) is 51.0 Å². The van der Waals surface area contributed by atoms with Crippen molar-refractivity contribution in [2.75, 3.05) is 18.8 Å². The van der Waals surface area contributed by atoms with Crippen LogP contribution in [0.5, 0.6) is 0 Å². The molecule has 0 bridgehead atoms. The van der Waals surface area contributed by atoms with Crippen molar-refractivity contribution in [1.82, 2.24) is 5.32 Å². The number of benzene rings is 1. The summed E-state index contributed by atoms with van der Waals surface area (Å²) >= 11 is 0. The molecule has 0 heterocycles. The van der Waals surface area contributed by atoms with Gasteiger partial charge in [-0.15, -0.1) is 0 Å². The highest BCUT2D eigenvalue weighted by Gasteiger charge is 2.39. The average molecular weight is 246 g/mol. The van der Waals surface area contributed by atoms with Crippen molar-refractivity contribution in [3.63, 3.8) is 0 Å². The topological polar surface area (TPSA) is 38.0 Å². The molecule has 1 fully saturated rings. The number of rotatable bonds is 7. The van der Waals surface area contributed by atoms with E-state index in [-0.39, 0.29) is 0 Å². The quantitative estimate of drug-likeness (QED) is 0.570. The minimum absolute atomic E-state index is 0.606. The van der Waals surface area contributed by atoms with E-state index in [2.05, 4.69) is 31.3 Å². The minimum atomic E-state index is 0.606. The highest BCUT2D eigenvalue weighted by Crippen LogP contribution is 2.47. The Bertz CT molecular complexity index is 365. The maximum Gasteiger partial charge on any atom is 0.0314 e. The first-order chi connectivity index (χ1) is 8.65. The number of hydrogen-bond acceptors (Lipinski definition) is 2.